The molecule has 94 valence electrons. The van der Waals surface area contributed by atoms with Gasteiger partial charge in [-0.1, -0.05) is 0 Å². The van der Waals surface area contributed by atoms with Crippen LogP contribution in [0.25, 0.3) is 11.3 Å². The third-order valence-corrected chi connectivity index (χ3v) is 3.52. The van der Waals surface area contributed by atoms with E-state index in [1.54, 1.807) is 0 Å². The molecule has 1 aliphatic rings. The summed E-state index contributed by atoms with van der Waals surface area (Å²) >= 11 is 0. The molecular weight excluding hydrogens is 234 g/mol. The van der Waals surface area contributed by atoms with Gasteiger partial charge in [-0.05, 0) is 31.9 Å². The van der Waals surface area contributed by atoms with E-state index in [2.05, 4.69) is 9.55 Å². The number of benzene rings is 1. The lowest BCUT2D eigenvalue weighted by molar-refractivity contribution is 0.514. The van der Waals surface area contributed by atoms with Crippen molar-refractivity contribution in [1.29, 1.82) is 0 Å². The predicted octanol–water partition coefficient (Wildman–Crippen LogP) is 3.47. The zero-order chi connectivity index (χ0) is 12.7. The van der Waals surface area contributed by atoms with Crippen molar-refractivity contribution in [2.24, 2.45) is 0 Å². The van der Waals surface area contributed by atoms with Crippen molar-refractivity contribution >= 4 is 0 Å². The molecule has 0 aliphatic carbocycles. The zero-order valence-electron chi connectivity index (χ0n) is 10.2. The highest BCUT2D eigenvalue weighted by atomic mass is 19.1. The summed E-state index contributed by atoms with van der Waals surface area (Å²) in [4.78, 5) is 4.51. The largest absolute Gasteiger partial charge is 0.332 e. The van der Waals surface area contributed by atoms with Gasteiger partial charge in [0.25, 0.3) is 0 Å². The van der Waals surface area contributed by atoms with Crippen LogP contribution in [0.4, 0.5) is 8.78 Å². The number of imidazole rings is 1. The Morgan fingerprint density at radius 3 is 2.78 bits per heavy atom. The Morgan fingerprint density at radius 2 is 2.06 bits per heavy atom. The van der Waals surface area contributed by atoms with Gasteiger partial charge in [0.15, 0.2) is 0 Å². The van der Waals surface area contributed by atoms with Crippen molar-refractivity contribution in [1.82, 2.24) is 9.55 Å². The number of nitrogens with zero attached hydrogens (tertiary/aromatic N) is 2. The summed E-state index contributed by atoms with van der Waals surface area (Å²) in [6.45, 7) is 2.89. The van der Waals surface area contributed by atoms with Gasteiger partial charge in [0, 0.05) is 30.3 Å². The number of aromatic nitrogens is 2. The molecule has 0 atom stereocenters. The monoisotopic (exact) mass is 248 g/mol. The predicted molar refractivity (Wildman–Crippen MR) is 65.3 cm³/mol. The fourth-order valence-electron chi connectivity index (χ4n) is 2.57. The molecule has 2 aromatic rings. The molecule has 0 fully saturated rings. The van der Waals surface area contributed by atoms with Crippen molar-refractivity contribution in [3.05, 3.63) is 41.4 Å². The Balaban J connectivity index is 2.14. The summed E-state index contributed by atoms with van der Waals surface area (Å²) in [5.41, 5.74) is 2.00. The second-order valence-corrected chi connectivity index (χ2v) is 4.69. The zero-order valence-corrected chi connectivity index (χ0v) is 10.2. The van der Waals surface area contributed by atoms with Crippen LogP contribution in [-0.2, 0) is 13.0 Å². The highest BCUT2D eigenvalue weighted by Crippen LogP contribution is 2.29. The van der Waals surface area contributed by atoms with Gasteiger partial charge >= 0.3 is 0 Å². The van der Waals surface area contributed by atoms with Crippen LogP contribution >= 0.6 is 0 Å². The third kappa shape index (κ3) is 1.72. The number of halogens is 2. The van der Waals surface area contributed by atoms with E-state index in [1.165, 1.54) is 12.1 Å². The van der Waals surface area contributed by atoms with Gasteiger partial charge in [0.2, 0.25) is 0 Å². The van der Waals surface area contributed by atoms with Crippen LogP contribution in [0.3, 0.4) is 0 Å². The normalized spacial score (nSPS) is 14.6. The minimum atomic E-state index is -0.558. The van der Waals surface area contributed by atoms with Gasteiger partial charge in [-0.3, -0.25) is 0 Å². The third-order valence-electron chi connectivity index (χ3n) is 3.52. The van der Waals surface area contributed by atoms with E-state index in [0.29, 0.717) is 11.3 Å². The number of aryl methyl sites for hydroxylation is 1. The minimum absolute atomic E-state index is 0.385. The van der Waals surface area contributed by atoms with Gasteiger partial charge in [0.1, 0.15) is 17.5 Å². The average molecular weight is 248 g/mol. The van der Waals surface area contributed by atoms with E-state index in [-0.39, 0.29) is 0 Å². The first-order valence-electron chi connectivity index (χ1n) is 6.18. The van der Waals surface area contributed by atoms with Crippen molar-refractivity contribution in [3.63, 3.8) is 0 Å². The number of rotatable bonds is 1. The van der Waals surface area contributed by atoms with Crippen LogP contribution in [0.15, 0.2) is 18.2 Å². The van der Waals surface area contributed by atoms with E-state index < -0.39 is 11.6 Å². The molecule has 0 radical (unpaired) electrons. The van der Waals surface area contributed by atoms with E-state index >= 15 is 0 Å². The quantitative estimate of drug-likeness (QED) is 0.755. The fraction of sp³-hybridized carbons (Fsp3) is 0.357. The maximum Gasteiger partial charge on any atom is 0.135 e. The molecule has 1 aromatic heterocycles. The lowest BCUT2D eigenvalue weighted by Gasteiger charge is -2.14. The summed E-state index contributed by atoms with van der Waals surface area (Å²) in [6, 6.07) is 3.65. The molecule has 4 heteroatoms. The Morgan fingerprint density at radius 1 is 1.22 bits per heavy atom. The molecule has 0 spiro atoms. The summed E-state index contributed by atoms with van der Waals surface area (Å²) in [7, 11) is 0. The summed E-state index contributed by atoms with van der Waals surface area (Å²) in [6.07, 6.45) is 3.20. The van der Waals surface area contributed by atoms with Crippen LogP contribution < -0.4 is 0 Å². The molecule has 18 heavy (non-hydrogen) atoms. The number of hydrogen-bond acceptors (Lipinski definition) is 1. The van der Waals surface area contributed by atoms with Crippen molar-refractivity contribution in [3.8, 4) is 11.3 Å². The van der Waals surface area contributed by atoms with Gasteiger partial charge in [-0.15, -0.1) is 0 Å². The maximum absolute atomic E-state index is 13.8. The van der Waals surface area contributed by atoms with Crippen molar-refractivity contribution in [2.45, 2.75) is 32.7 Å². The summed E-state index contributed by atoms with van der Waals surface area (Å²) in [5, 5.41) is 0. The SMILES string of the molecule is Cc1c(-c2ccc(F)cc2F)nc2n1CCCC2. The van der Waals surface area contributed by atoms with Crippen LogP contribution in [0, 0.1) is 18.6 Å². The molecule has 0 amide bonds. The first kappa shape index (κ1) is 11.4. The first-order chi connectivity index (χ1) is 8.66. The van der Waals surface area contributed by atoms with Crippen molar-refractivity contribution < 1.29 is 8.78 Å². The number of fused-ring (bicyclic) bond motifs is 1. The van der Waals surface area contributed by atoms with E-state index in [9.17, 15) is 8.78 Å². The van der Waals surface area contributed by atoms with Gasteiger partial charge < -0.3 is 4.57 Å². The Kier molecular flexibility index (Phi) is 2.65. The van der Waals surface area contributed by atoms with Crippen LogP contribution in [0.2, 0.25) is 0 Å². The van der Waals surface area contributed by atoms with E-state index in [0.717, 1.165) is 43.4 Å². The molecular formula is C14H14F2N2. The van der Waals surface area contributed by atoms with Crippen LogP contribution in [0.1, 0.15) is 24.4 Å². The van der Waals surface area contributed by atoms with Crippen LogP contribution in [-0.4, -0.2) is 9.55 Å². The topological polar surface area (TPSA) is 17.8 Å². The van der Waals surface area contributed by atoms with Gasteiger partial charge in [-0.2, -0.15) is 0 Å². The summed E-state index contributed by atoms with van der Waals surface area (Å²) in [5.74, 6) is -0.0936. The molecule has 0 bridgehead atoms. The van der Waals surface area contributed by atoms with Gasteiger partial charge in [-0.25, -0.2) is 13.8 Å². The van der Waals surface area contributed by atoms with Gasteiger partial charge in [0.05, 0.1) is 5.69 Å². The molecule has 0 saturated heterocycles. The molecule has 0 saturated carbocycles. The van der Waals surface area contributed by atoms with Crippen molar-refractivity contribution in [2.75, 3.05) is 0 Å². The summed E-state index contributed by atoms with van der Waals surface area (Å²) < 4.78 is 28.9. The van der Waals surface area contributed by atoms with E-state index in [4.69, 9.17) is 0 Å². The molecule has 1 aliphatic heterocycles. The highest BCUT2D eigenvalue weighted by Gasteiger charge is 2.19. The standard InChI is InChI=1S/C14H14F2N2/c1-9-14(11-6-5-10(15)8-12(11)16)17-13-4-2-3-7-18(9)13/h5-6,8H,2-4,7H2,1H3. The maximum atomic E-state index is 13.8. The second-order valence-electron chi connectivity index (χ2n) is 4.69. The average Bonchev–Trinajstić information content (AvgIpc) is 2.68. The second kappa shape index (κ2) is 4.19. The smallest absolute Gasteiger partial charge is 0.135 e. The molecule has 3 rings (SSSR count). The van der Waals surface area contributed by atoms with E-state index in [1.807, 2.05) is 6.92 Å². The lowest BCUT2D eigenvalue weighted by atomic mass is 10.1. The minimum Gasteiger partial charge on any atom is -0.332 e. The Bertz CT molecular complexity index is 602. The lowest BCUT2D eigenvalue weighted by Crippen LogP contribution is -2.11. The highest BCUT2D eigenvalue weighted by molar-refractivity contribution is 5.63. The Hall–Kier alpha value is -1.71. The first-order valence-corrected chi connectivity index (χ1v) is 6.18. The number of hydrogen-bond donors (Lipinski definition) is 0. The molecule has 2 nitrogen and oxygen atoms in total. The molecule has 0 unspecified atom stereocenters. The molecule has 2 heterocycles. The Labute approximate surface area is 104 Å². The molecule has 1 aromatic carbocycles. The van der Waals surface area contributed by atoms with Crippen LogP contribution in [0.5, 0.6) is 0 Å². The molecule has 0 N–H and O–H groups in total. The fourth-order valence-corrected chi connectivity index (χ4v) is 2.57.